The molecule has 0 radical (unpaired) electrons. The van der Waals surface area contributed by atoms with Crippen molar-refractivity contribution in [3.63, 3.8) is 0 Å². The third kappa shape index (κ3) is 2.88. The topological polar surface area (TPSA) is 37.8 Å². The monoisotopic (exact) mass is 301 g/mol. The Balaban J connectivity index is 2.10. The summed E-state index contributed by atoms with van der Waals surface area (Å²) in [5.41, 5.74) is 3.49. The molecule has 0 fully saturated rings. The summed E-state index contributed by atoms with van der Waals surface area (Å²) in [5, 5.41) is 6.97. The first-order chi connectivity index (χ1) is 10.2. The van der Waals surface area contributed by atoms with Gasteiger partial charge in [0, 0.05) is 28.6 Å². The molecule has 2 aromatic heterocycles. The average molecular weight is 301 g/mol. The molecule has 1 aromatic carbocycles. The van der Waals surface area contributed by atoms with Crippen LogP contribution in [0.25, 0.3) is 22.2 Å². The highest BCUT2D eigenvalue weighted by Gasteiger charge is 2.11. The minimum atomic E-state index is -0.256. The van der Waals surface area contributed by atoms with Crippen molar-refractivity contribution in [2.75, 3.05) is 11.9 Å². The fourth-order valence-corrected chi connectivity index (χ4v) is 2.99. The Morgan fingerprint density at radius 2 is 2.10 bits per heavy atom. The van der Waals surface area contributed by atoms with Crippen molar-refractivity contribution in [2.24, 2.45) is 0 Å². The molecular formula is C16H16FN3S. The average Bonchev–Trinajstić information content (AvgIpc) is 2.93. The summed E-state index contributed by atoms with van der Waals surface area (Å²) >= 11 is 1.57. The summed E-state index contributed by atoms with van der Waals surface area (Å²) in [6.45, 7) is 4.96. The quantitative estimate of drug-likeness (QED) is 0.763. The van der Waals surface area contributed by atoms with Crippen LogP contribution in [-0.4, -0.2) is 16.5 Å². The number of benzene rings is 1. The van der Waals surface area contributed by atoms with Crippen LogP contribution in [0.15, 0.2) is 29.6 Å². The van der Waals surface area contributed by atoms with Crippen molar-refractivity contribution >= 4 is 27.4 Å². The first-order valence-electron chi connectivity index (χ1n) is 6.94. The van der Waals surface area contributed by atoms with Crippen molar-refractivity contribution in [2.45, 2.75) is 20.3 Å². The zero-order chi connectivity index (χ0) is 14.8. The summed E-state index contributed by atoms with van der Waals surface area (Å²) in [6.07, 6.45) is 1.05. The molecule has 0 bridgehead atoms. The van der Waals surface area contributed by atoms with E-state index in [0.29, 0.717) is 0 Å². The van der Waals surface area contributed by atoms with Crippen molar-refractivity contribution in [1.82, 2.24) is 9.97 Å². The lowest BCUT2D eigenvalue weighted by Crippen LogP contribution is -1.98. The van der Waals surface area contributed by atoms with Crippen LogP contribution in [0.4, 0.5) is 9.52 Å². The standard InChI is InChI=1S/C16H16FN3S/c1-3-6-18-16-20-15(9-21-16)12-7-10(2)19-14-5-4-11(17)8-13(12)14/h4-5,7-9H,3,6H2,1-2H3,(H,18,20). The van der Waals surface area contributed by atoms with Gasteiger partial charge < -0.3 is 5.32 Å². The summed E-state index contributed by atoms with van der Waals surface area (Å²) in [7, 11) is 0. The third-order valence-electron chi connectivity index (χ3n) is 3.21. The molecule has 0 spiro atoms. The van der Waals surface area contributed by atoms with E-state index in [0.717, 1.165) is 46.0 Å². The van der Waals surface area contributed by atoms with Gasteiger partial charge in [0.05, 0.1) is 11.2 Å². The fourth-order valence-electron chi connectivity index (χ4n) is 2.25. The molecule has 21 heavy (non-hydrogen) atoms. The van der Waals surface area contributed by atoms with Crippen LogP contribution in [0.2, 0.25) is 0 Å². The molecule has 0 aliphatic heterocycles. The normalized spacial score (nSPS) is 11.0. The molecule has 3 rings (SSSR count). The number of nitrogens with one attached hydrogen (secondary N) is 1. The Kier molecular flexibility index (Phi) is 3.84. The van der Waals surface area contributed by atoms with Gasteiger partial charge in [0.25, 0.3) is 0 Å². The van der Waals surface area contributed by atoms with E-state index in [-0.39, 0.29) is 5.82 Å². The van der Waals surface area contributed by atoms with E-state index in [4.69, 9.17) is 0 Å². The Bertz CT molecular complexity index is 782. The summed E-state index contributed by atoms with van der Waals surface area (Å²) in [4.78, 5) is 9.05. The molecular weight excluding hydrogens is 285 g/mol. The summed E-state index contributed by atoms with van der Waals surface area (Å²) in [6, 6.07) is 6.63. The zero-order valence-corrected chi connectivity index (χ0v) is 12.8. The van der Waals surface area contributed by atoms with Gasteiger partial charge in [-0.25, -0.2) is 9.37 Å². The molecule has 0 saturated heterocycles. The lowest BCUT2D eigenvalue weighted by molar-refractivity contribution is 0.629. The van der Waals surface area contributed by atoms with E-state index >= 15 is 0 Å². The second-order valence-corrected chi connectivity index (χ2v) is 5.80. The van der Waals surface area contributed by atoms with Gasteiger partial charge >= 0.3 is 0 Å². The molecule has 2 heterocycles. The van der Waals surface area contributed by atoms with Crippen LogP contribution in [0, 0.1) is 12.7 Å². The molecule has 3 nitrogen and oxygen atoms in total. The van der Waals surface area contributed by atoms with Crippen LogP contribution in [0.1, 0.15) is 19.0 Å². The van der Waals surface area contributed by atoms with Gasteiger partial charge in [0.2, 0.25) is 0 Å². The number of anilines is 1. The van der Waals surface area contributed by atoms with Crippen LogP contribution in [0.3, 0.4) is 0 Å². The number of hydrogen-bond acceptors (Lipinski definition) is 4. The van der Waals surface area contributed by atoms with E-state index in [2.05, 4.69) is 22.2 Å². The van der Waals surface area contributed by atoms with Gasteiger partial charge in [-0.15, -0.1) is 11.3 Å². The Labute approximate surface area is 126 Å². The summed E-state index contributed by atoms with van der Waals surface area (Å²) in [5.74, 6) is -0.256. The largest absolute Gasteiger partial charge is 0.362 e. The Morgan fingerprint density at radius 3 is 2.90 bits per heavy atom. The molecule has 0 aliphatic carbocycles. The smallest absolute Gasteiger partial charge is 0.183 e. The van der Waals surface area contributed by atoms with Crippen LogP contribution >= 0.6 is 11.3 Å². The first-order valence-corrected chi connectivity index (χ1v) is 7.82. The van der Waals surface area contributed by atoms with Crippen molar-refractivity contribution in [1.29, 1.82) is 0 Å². The second kappa shape index (κ2) is 5.77. The number of aryl methyl sites for hydroxylation is 1. The van der Waals surface area contributed by atoms with E-state index < -0.39 is 0 Å². The summed E-state index contributed by atoms with van der Waals surface area (Å²) < 4.78 is 13.5. The van der Waals surface area contributed by atoms with Gasteiger partial charge in [0.1, 0.15) is 5.82 Å². The third-order valence-corrected chi connectivity index (χ3v) is 4.01. The number of hydrogen-bond donors (Lipinski definition) is 1. The zero-order valence-electron chi connectivity index (χ0n) is 12.0. The first kappa shape index (κ1) is 13.9. The molecule has 108 valence electrons. The maximum absolute atomic E-state index is 13.5. The van der Waals surface area contributed by atoms with Gasteiger partial charge in [-0.1, -0.05) is 6.92 Å². The number of halogens is 1. The lowest BCUT2D eigenvalue weighted by atomic mass is 10.1. The molecule has 0 unspecified atom stereocenters. The van der Waals surface area contributed by atoms with Crippen LogP contribution in [0.5, 0.6) is 0 Å². The molecule has 5 heteroatoms. The van der Waals surface area contributed by atoms with Crippen molar-refractivity contribution in [3.05, 3.63) is 41.2 Å². The Hall–Kier alpha value is -2.01. The maximum Gasteiger partial charge on any atom is 0.183 e. The molecule has 0 saturated carbocycles. The molecule has 1 N–H and O–H groups in total. The highest BCUT2D eigenvalue weighted by Crippen LogP contribution is 2.31. The van der Waals surface area contributed by atoms with E-state index in [9.17, 15) is 4.39 Å². The van der Waals surface area contributed by atoms with Crippen LogP contribution in [-0.2, 0) is 0 Å². The van der Waals surface area contributed by atoms with Gasteiger partial charge in [0.15, 0.2) is 5.13 Å². The van der Waals surface area contributed by atoms with Gasteiger partial charge in [-0.05, 0) is 37.6 Å². The lowest BCUT2D eigenvalue weighted by Gasteiger charge is -2.06. The van der Waals surface area contributed by atoms with E-state index in [1.165, 1.54) is 12.1 Å². The maximum atomic E-state index is 13.5. The number of rotatable bonds is 4. The van der Waals surface area contributed by atoms with Gasteiger partial charge in [-0.3, -0.25) is 4.98 Å². The van der Waals surface area contributed by atoms with Gasteiger partial charge in [-0.2, -0.15) is 0 Å². The van der Waals surface area contributed by atoms with E-state index in [1.54, 1.807) is 17.4 Å². The highest BCUT2D eigenvalue weighted by molar-refractivity contribution is 7.14. The number of nitrogens with zero attached hydrogens (tertiary/aromatic N) is 2. The molecule has 0 aliphatic rings. The number of fused-ring (bicyclic) bond motifs is 1. The minimum absolute atomic E-state index is 0.256. The number of aromatic nitrogens is 2. The number of thiazole rings is 1. The molecule has 3 aromatic rings. The predicted molar refractivity (Wildman–Crippen MR) is 86.3 cm³/mol. The van der Waals surface area contributed by atoms with Crippen molar-refractivity contribution < 1.29 is 4.39 Å². The SMILES string of the molecule is CCCNc1nc(-c2cc(C)nc3ccc(F)cc23)cs1. The number of pyridine rings is 1. The highest BCUT2D eigenvalue weighted by atomic mass is 32.1. The second-order valence-electron chi connectivity index (χ2n) is 4.94. The molecule has 0 atom stereocenters. The van der Waals surface area contributed by atoms with E-state index in [1.807, 2.05) is 18.4 Å². The fraction of sp³-hybridized carbons (Fsp3) is 0.250. The van der Waals surface area contributed by atoms with Crippen molar-refractivity contribution in [3.8, 4) is 11.3 Å². The minimum Gasteiger partial charge on any atom is -0.362 e. The Morgan fingerprint density at radius 1 is 1.24 bits per heavy atom. The molecule has 0 amide bonds. The van der Waals surface area contributed by atoms with Crippen LogP contribution < -0.4 is 5.32 Å². The predicted octanol–water partition coefficient (Wildman–Crippen LogP) is 4.63.